The van der Waals surface area contributed by atoms with Crippen LogP contribution in [0.15, 0.2) is 29.2 Å². The van der Waals surface area contributed by atoms with E-state index in [0.29, 0.717) is 5.56 Å². The molecule has 0 aromatic heterocycles. The number of hydrogen-bond acceptors (Lipinski definition) is 5. The molecule has 0 amide bonds. The number of carbonyl (C=O) groups is 1. The highest BCUT2D eigenvalue weighted by Crippen LogP contribution is 2.32. The zero-order chi connectivity index (χ0) is 17.0. The van der Waals surface area contributed by atoms with E-state index in [-0.39, 0.29) is 29.6 Å². The van der Waals surface area contributed by atoms with Crippen LogP contribution in [0.3, 0.4) is 0 Å². The Kier molecular flexibility index (Phi) is 5.78. The standard InChI is InChI=1S/C16H22O6S/c1-2-22-15(17)9-14(16(18)19)12-5-7-13(8-6-12)23(20,21)10-11-3-4-11/h5-8,11,14-15,17H,2-4,9-10H2,1H3,(H,18,19). The summed E-state index contributed by atoms with van der Waals surface area (Å²) in [7, 11) is -3.31. The molecular formula is C16H22O6S. The first kappa shape index (κ1) is 17.9. The van der Waals surface area contributed by atoms with Crippen LogP contribution >= 0.6 is 0 Å². The lowest BCUT2D eigenvalue weighted by atomic mass is 9.96. The van der Waals surface area contributed by atoms with E-state index in [2.05, 4.69) is 0 Å². The Morgan fingerprint density at radius 3 is 2.39 bits per heavy atom. The van der Waals surface area contributed by atoms with Gasteiger partial charge in [0.2, 0.25) is 0 Å². The highest BCUT2D eigenvalue weighted by atomic mass is 32.2. The number of hydrogen-bond donors (Lipinski definition) is 2. The summed E-state index contributed by atoms with van der Waals surface area (Å²) in [4.78, 5) is 11.6. The van der Waals surface area contributed by atoms with Gasteiger partial charge in [-0.3, -0.25) is 4.79 Å². The molecule has 0 radical (unpaired) electrons. The van der Waals surface area contributed by atoms with Gasteiger partial charge in [0.15, 0.2) is 16.1 Å². The lowest BCUT2D eigenvalue weighted by Crippen LogP contribution is -2.21. The zero-order valence-electron chi connectivity index (χ0n) is 13.0. The van der Waals surface area contributed by atoms with Gasteiger partial charge in [0.1, 0.15) is 0 Å². The molecule has 0 bridgehead atoms. The Bertz CT molecular complexity index is 633. The molecule has 2 atom stereocenters. The molecule has 1 aromatic rings. The van der Waals surface area contributed by atoms with Crippen LogP contribution in [0, 0.1) is 5.92 Å². The lowest BCUT2D eigenvalue weighted by Gasteiger charge is -2.17. The molecule has 1 aliphatic carbocycles. The van der Waals surface area contributed by atoms with Crippen LogP contribution in [-0.2, 0) is 19.4 Å². The normalized spacial score (nSPS) is 17.7. The maximum Gasteiger partial charge on any atom is 0.311 e. The van der Waals surface area contributed by atoms with E-state index in [1.807, 2.05) is 0 Å². The molecule has 6 nitrogen and oxygen atoms in total. The molecule has 1 aromatic carbocycles. The molecule has 2 unspecified atom stereocenters. The predicted octanol–water partition coefficient (Wildman–Crippen LogP) is 1.78. The molecule has 7 heteroatoms. The van der Waals surface area contributed by atoms with Gasteiger partial charge in [0, 0.05) is 13.0 Å². The van der Waals surface area contributed by atoms with Crippen LogP contribution in [0.2, 0.25) is 0 Å². The van der Waals surface area contributed by atoms with Crippen molar-refractivity contribution in [1.82, 2.24) is 0 Å². The minimum Gasteiger partial charge on any atom is -0.481 e. The minimum absolute atomic E-state index is 0.0860. The topological polar surface area (TPSA) is 101 Å². The molecule has 128 valence electrons. The molecule has 1 aliphatic rings. The second kappa shape index (κ2) is 7.42. The molecule has 2 rings (SSSR count). The maximum absolute atomic E-state index is 12.2. The number of benzene rings is 1. The summed E-state index contributed by atoms with van der Waals surface area (Å²) in [6.07, 6.45) is 0.651. The second-order valence-electron chi connectivity index (χ2n) is 5.83. The summed E-state index contributed by atoms with van der Waals surface area (Å²) < 4.78 is 29.3. The predicted molar refractivity (Wildman–Crippen MR) is 83.8 cm³/mol. The second-order valence-corrected chi connectivity index (χ2v) is 7.86. The SMILES string of the molecule is CCOC(O)CC(C(=O)O)c1ccc(S(=O)(=O)CC2CC2)cc1. The Labute approximate surface area is 136 Å². The number of carboxylic acid groups (broad SMARTS) is 1. The Hall–Kier alpha value is -1.44. The zero-order valence-corrected chi connectivity index (χ0v) is 13.8. The third-order valence-electron chi connectivity index (χ3n) is 3.89. The fourth-order valence-corrected chi connectivity index (χ4v) is 4.14. The van der Waals surface area contributed by atoms with Crippen LogP contribution in [0.5, 0.6) is 0 Å². The first-order chi connectivity index (χ1) is 10.8. The number of aliphatic hydroxyl groups is 1. The van der Waals surface area contributed by atoms with Crippen molar-refractivity contribution in [3.05, 3.63) is 29.8 Å². The van der Waals surface area contributed by atoms with E-state index in [1.165, 1.54) is 24.3 Å². The number of sulfone groups is 1. The van der Waals surface area contributed by atoms with Crippen LogP contribution in [0.4, 0.5) is 0 Å². The van der Waals surface area contributed by atoms with E-state index < -0.39 is 28.0 Å². The first-order valence-corrected chi connectivity index (χ1v) is 9.34. The average molecular weight is 342 g/mol. The lowest BCUT2D eigenvalue weighted by molar-refractivity contribution is -0.145. The van der Waals surface area contributed by atoms with Gasteiger partial charge < -0.3 is 14.9 Å². The van der Waals surface area contributed by atoms with Crippen molar-refractivity contribution in [2.24, 2.45) is 5.92 Å². The molecule has 0 aliphatic heterocycles. The van der Waals surface area contributed by atoms with Gasteiger partial charge in [-0.2, -0.15) is 0 Å². The van der Waals surface area contributed by atoms with Crippen LogP contribution in [0.25, 0.3) is 0 Å². The van der Waals surface area contributed by atoms with E-state index >= 15 is 0 Å². The summed E-state index contributed by atoms with van der Waals surface area (Å²) in [6, 6.07) is 5.88. The molecule has 1 fully saturated rings. The van der Waals surface area contributed by atoms with E-state index in [1.54, 1.807) is 6.92 Å². The molecule has 23 heavy (non-hydrogen) atoms. The first-order valence-electron chi connectivity index (χ1n) is 7.68. The number of aliphatic hydroxyl groups excluding tert-OH is 1. The van der Waals surface area contributed by atoms with Gasteiger partial charge in [0.25, 0.3) is 0 Å². The van der Waals surface area contributed by atoms with E-state index in [4.69, 9.17) is 4.74 Å². The van der Waals surface area contributed by atoms with Crippen molar-refractivity contribution >= 4 is 15.8 Å². The Morgan fingerprint density at radius 1 is 1.30 bits per heavy atom. The van der Waals surface area contributed by atoms with Gasteiger partial charge in [0.05, 0.1) is 16.6 Å². The number of ether oxygens (including phenoxy) is 1. The van der Waals surface area contributed by atoms with Crippen LogP contribution in [0.1, 0.15) is 37.7 Å². The van der Waals surface area contributed by atoms with Crippen molar-refractivity contribution in [3.8, 4) is 0 Å². The quantitative estimate of drug-likeness (QED) is 0.664. The molecule has 0 spiro atoms. The smallest absolute Gasteiger partial charge is 0.311 e. The monoisotopic (exact) mass is 342 g/mol. The number of rotatable bonds is 9. The van der Waals surface area contributed by atoms with Crippen molar-refractivity contribution in [3.63, 3.8) is 0 Å². The summed E-state index contributed by atoms with van der Waals surface area (Å²) in [5.74, 6) is -1.63. The van der Waals surface area contributed by atoms with Gasteiger partial charge in [-0.15, -0.1) is 0 Å². The van der Waals surface area contributed by atoms with Gasteiger partial charge in [-0.05, 0) is 43.4 Å². The summed E-state index contributed by atoms with van der Waals surface area (Å²) >= 11 is 0. The molecule has 2 N–H and O–H groups in total. The summed E-state index contributed by atoms with van der Waals surface area (Å²) in [5.41, 5.74) is 0.446. The maximum atomic E-state index is 12.2. The van der Waals surface area contributed by atoms with Gasteiger partial charge in [-0.25, -0.2) is 8.42 Å². The van der Waals surface area contributed by atoms with Crippen molar-refractivity contribution in [2.75, 3.05) is 12.4 Å². The van der Waals surface area contributed by atoms with Gasteiger partial charge >= 0.3 is 5.97 Å². The van der Waals surface area contributed by atoms with Crippen molar-refractivity contribution < 1.29 is 28.2 Å². The van der Waals surface area contributed by atoms with Crippen molar-refractivity contribution in [2.45, 2.75) is 43.3 Å². The van der Waals surface area contributed by atoms with Crippen molar-refractivity contribution in [1.29, 1.82) is 0 Å². The third kappa shape index (κ3) is 5.02. The average Bonchev–Trinajstić information content (AvgIpc) is 3.28. The number of aliphatic carboxylic acids is 1. The molecule has 0 heterocycles. The largest absolute Gasteiger partial charge is 0.481 e. The number of carboxylic acids is 1. The van der Waals surface area contributed by atoms with Crippen LogP contribution < -0.4 is 0 Å². The fraction of sp³-hybridized carbons (Fsp3) is 0.562. The summed E-state index contributed by atoms with van der Waals surface area (Å²) in [6.45, 7) is 1.99. The Morgan fingerprint density at radius 2 is 1.91 bits per heavy atom. The van der Waals surface area contributed by atoms with E-state index in [9.17, 15) is 23.4 Å². The fourth-order valence-electron chi connectivity index (χ4n) is 2.44. The molecular weight excluding hydrogens is 320 g/mol. The Balaban J connectivity index is 2.13. The highest BCUT2D eigenvalue weighted by Gasteiger charge is 2.29. The highest BCUT2D eigenvalue weighted by molar-refractivity contribution is 7.91. The molecule has 1 saturated carbocycles. The summed E-state index contributed by atoms with van der Waals surface area (Å²) in [5, 5.41) is 19.0. The minimum atomic E-state index is -3.31. The van der Waals surface area contributed by atoms with Gasteiger partial charge in [-0.1, -0.05) is 12.1 Å². The molecule has 0 saturated heterocycles. The third-order valence-corrected chi connectivity index (χ3v) is 5.79. The van der Waals surface area contributed by atoms with E-state index in [0.717, 1.165) is 12.8 Å². The van der Waals surface area contributed by atoms with Crippen LogP contribution in [-0.4, -0.2) is 43.2 Å².